The lowest BCUT2D eigenvalue weighted by molar-refractivity contribution is -0.137. The van der Waals surface area contributed by atoms with Gasteiger partial charge in [0.2, 0.25) is 5.91 Å². The summed E-state index contributed by atoms with van der Waals surface area (Å²) in [6.07, 6.45) is -1.28. The van der Waals surface area contributed by atoms with Crippen molar-refractivity contribution in [3.8, 4) is 0 Å². The first-order chi connectivity index (χ1) is 12.3. The molecule has 3 rings (SSSR count). The number of imide groups is 1. The summed E-state index contributed by atoms with van der Waals surface area (Å²) in [7, 11) is 0. The summed E-state index contributed by atoms with van der Waals surface area (Å²) in [4.78, 5) is 39.1. The van der Waals surface area contributed by atoms with E-state index in [1.165, 1.54) is 18.2 Å². The summed E-state index contributed by atoms with van der Waals surface area (Å²) in [5.74, 6) is -0.881. The van der Waals surface area contributed by atoms with Gasteiger partial charge >= 0.3 is 6.18 Å². The van der Waals surface area contributed by atoms with Crippen LogP contribution >= 0.6 is 11.8 Å². The summed E-state index contributed by atoms with van der Waals surface area (Å²) < 4.78 is 37.7. The van der Waals surface area contributed by atoms with E-state index in [0.717, 1.165) is 29.9 Å². The van der Waals surface area contributed by atoms with E-state index in [-0.39, 0.29) is 17.4 Å². The van der Waals surface area contributed by atoms with Gasteiger partial charge in [-0.15, -0.1) is 0 Å². The van der Waals surface area contributed by atoms with Crippen LogP contribution in [-0.2, 0) is 15.8 Å². The molecule has 0 atom stereocenters. The van der Waals surface area contributed by atoms with Gasteiger partial charge in [-0.1, -0.05) is 12.1 Å². The van der Waals surface area contributed by atoms with E-state index in [0.29, 0.717) is 30.4 Å². The van der Waals surface area contributed by atoms with Crippen molar-refractivity contribution in [2.75, 3.05) is 19.6 Å². The van der Waals surface area contributed by atoms with E-state index in [9.17, 15) is 27.6 Å². The first-order valence-electron chi connectivity index (χ1n) is 7.96. The molecule has 0 unspecified atom stereocenters. The predicted molar refractivity (Wildman–Crippen MR) is 89.9 cm³/mol. The number of hydrogen-bond acceptors (Lipinski definition) is 4. The van der Waals surface area contributed by atoms with Gasteiger partial charge in [0.05, 0.1) is 10.5 Å². The van der Waals surface area contributed by atoms with Crippen molar-refractivity contribution in [2.24, 2.45) is 0 Å². The molecule has 2 fully saturated rings. The minimum atomic E-state index is -4.44. The molecule has 2 saturated heterocycles. The minimum Gasteiger partial charge on any atom is -0.341 e. The molecule has 1 aromatic rings. The molecule has 2 aliphatic rings. The molecule has 138 valence electrons. The van der Waals surface area contributed by atoms with Gasteiger partial charge in [-0.25, -0.2) is 0 Å². The fourth-order valence-electron chi connectivity index (χ4n) is 2.76. The van der Waals surface area contributed by atoms with Crippen molar-refractivity contribution in [1.29, 1.82) is 0 Å². The van der Waals surface area contributed by atoms with Crippen LogP contribution in [-0.4, -0.2) is 46.5 Å². The van der Waals surface area contributed by atoms with Crippen molar-refractivity contribution in [1.82, 2.24) is 9.80 Å². The molecule has 5 nitrogen and oxygen atoms in total. The predicted octanol–water partition coefficient (Wildman–Crippen LogP) is 3.36. The number of likely N-dealkylation sites (tertiary alicyclic amines) is 1. The lowest BCUT2D eigenvalue weighted by atomic mass is 10.1. The largest absolute Gasteiger partial charge is 0.416 e. The summed E-state index contributed by atoms with van der Waals surface area (Å²) in [5.41, 5.74) is -0.423. The average molecular weight is 384 g/mol. The molecule has 26 heavy (non-hydrogen) atoms. The number of rotatable bonds is 3. The summed E-state index contributed by atoms with van der Waals surface area (Å²) in [6, 6.07) is 4.28. The van der Waals surface area contributed by atoms with Crippen LogP contribution in [0.3, 0.4) is 0 Å². The molecule has 0 radical (unpaired) electrons. The number of thioether (sulfide) groups is 1. The average Bonchev–Trinajstić information content (AvgIpc) is 3.19. The third-order valence-electron chi connectivity index (χ3n) is 4.16. The Morgan fingerprint density at radius 3 is 2.31 bits per heavy atom. The molecular weight excluding hydrogens is 369 g/mol. The Labute approximate surface area is 151 Å². The summed E-state index contributed by atoms with van der Waals surface area (Å²) in [6.45, 7) is 0.932. The molecule has 0 saturated carbocycles. The Bertz CT molecular complexity index is 768. The zero-order valence-corrected chi connectivity index (χ0v) is 14.4. The normalized spacial score (nSPS) is 19.7. The van der Waals surface area contributed by atoms with Crippen molar-refractivity contribution in [3.05, 3.63) is 40.3 Å². The SMILES string of the molecule is O=C(CN1C(=O)S/C(=C\c2ccc(C(F)(F)F)cc2)C1=O)N1CCCC1. The molecule has 2 heterocycles. The van der Waals surface area contributed by atoms with Gasteiger partial charge in [-0.3, -0.25) is 19.3 Å². The summed E-state index contributed by atoms with van der Waals surface area (Å²) in [5, 5.41) is -0.555. The van der Waals surface area contributed by atoms with Crippen LogP contribution in [0.25, 0.3) is 6.08 Å². The van der Waals surface area contributed by atoms with Crippen LogP contribution in [0.1, 0.15) is 24.0 Å². The number of nitrogens with zero attached hydrogens (tertiary/aromatic N) is 2. The summed E-state index contributed by atoms with van der Waals surface area (Å²) >= 11 is 0.676. The van der Waals surface area contributed by atoms with Crippen LogP contribution < -0.4 is 0 Å². The number of amides is 3. The number of benzene rings is 1. The lowest BCUT2D eigenvalue weighted by Crippen LogP contribution is -2.40. The maximum absolute atomic E-state index is 12.6. The number of carbonyl (C=O) groups excluding carboxylic acids is 3. The van der Waals surface area contributed by atoms with E-state index >= 15 is 0 Å². The standard InChI is InChI=1S/C17H15F3N2O3S/c18-17(19,20)12-5-3-11(4-6-12)9-13-15(24)22(16(25)26-13)10-14(23)21-7-1-2-8-21/h3-6,9H,1-2,7-8,10H2/b13-9-. The zero-order chi connectivity index (χ0) is 18.9. The molecule has 0 N–H and O–H groups in total. The molecule has 0 spiro atoms. The van der Waals surface area contributed by atoms with Gasteiger partial charge in [0.25, 0.3) is 11.1 Å². The molecule has 1 aromatic carbocycles. The second kappa shape index (κ2) is 7.14. The van der Waals surface area contributed by atoms with Crippen LogP contribution in [0, 0.1) is 0 Å². The Hall–Kier alpha value is -2.29. The fraction of sp³-hybridized carbons (Fsp3) is 0.353. The quantitative estimate of drug-likeness (QED) is 0.750. The van der Waals surface area contributed by atoms with Gasteiger partial charge in [-0.2, -0.15) is 13.2 Å². The van der Waals surface area contributed by atoms with Gasteiger partial charge < -0.3 is 4.90 Å². The molecule has 0 aromatic heterocycles. The maximum Gasteiger partial charge on any atom is 0.416 e. The number of hydrogen-bond donors (Lipinski definition) is 0. The Balaban J connectivity index is 1.71. The smallest absolute Gasteiger partial charge is 0.341 e. The minimum absolute atomic E-state index is 0.0870. The van der Waals surface area contributed by atoms with Crippen LogP contribution in [0.2, 0.25) is 0 Å². The van der Waals surface area contributed by atoms with Crippen molar-refractivity contribution >= 4 is 34.9 Å². The zero-order valence-electron chi connectivity index (χ0n) is 13.6. The molecular formula is C17H15F3N2O3S. The highest BCUT2D eigenvalue weighted by Gasteiger charge is 2.37. The monoisotopic (exact) mass is 384 g/mol. The first kappa shape index (κ1) is 18.5. The molecule has 2 aliphatic heterocycles. The van der Waals surface area contributed by atoms with Gasteiger partial charge in [0, 0.05) is 13.1 Å². The molecule has 0 bridgehead atoms. The van der Waals surface area contributed by atoms with Crippen molar-refractivity contribution in [3.63, 3.8) is 0 Å². The van der Waals surface area contributed by atoms with E-state index in [4.69, 9.17) is 0 Å². The van der Waals surface area contributed by atoms with Crippen LogP contribution in [0.5, 0.6) is 0 Å². The third kappa shape index (κ3) is 3.92. The number of alkyl halides is 3. The van der Waals surface area contributed by atoms with Gasteiger partial charge in [-0.05, 0) is 48.4 Å². The second-order valence-electron chi connectivity index (χ2n) is 5.98. The van der Waals surface area contributed by atoms with Crippen LogP contribution in [0.4, 0.5) is 18.0 Å². The topological polar surface area (TPSA) is 57.7 Å². The Kier molecular flexibility index (Phi) is 5.08. The molecule has 0 aliphatic carbocycles. The van der Waals surface area contributed by atoms with E-state index in [1.54, 1.807) is 4.90 Å². The number of halogens is 3. The molecule has 9 heteroatoms. The third-order valence-corrected chi connectivity index (χ3v) is 5.07. The van der Waals surface area contributed by atoms with E-state index < -0.39 is 22.9 Å². The molecule has 3 amide bonds. The first-order valence-corrected chi connectivity index (χ1v) is 8.78. The van der Waals surface area contributed by atoms with Crippen molar-refractivity contribution in [2.45, 2.75) is 19.0 Å². The van der Waals surface area contributed by atoms with Crippen molar-refractivity contribution < 1.29 is 27.6 Å². The Morgan fingerprint density at radius 2 is 1.73 bits per heavy atom. The fourth-order valence-corrected chi connectivity index (χ4v) is 3.60. The van der Waals surface area contributed by atoms with Gasteiger partial charge in [0.1, 0.15) is 6.54 Å². The maximum atomic E-state index is 12.6. The highest BCUT2D eigenvalue weighted by atomic mass is 32.2. The van der Waals surface area contributed by atoms with Gasteiger partial charge in [0.15, 0.2) is 0 Å². The second-order valence-corrected chi connectivity index (χ2v) is 6.97. The van der Waals surface area contributed by atoms with E-state index in [2.05, 4.69) is 0 Å². The highest BCUT2D eigenvalue weighted by Crippen LogP contribution is 2.33. The Morgan fingerprint density at radius 1 is 1.12 bits per heavy atom. The van der Waals surface area contributed by atoms with E-state index in [1.807, 2.05) is 0 Å². The number of carbonyl (C=O) groups is 3. The lowest BCUT2D eigenvalue weighted by Gasteiger charge is -2.18. The highest BCUT2D eigenvalue weighted by molar-refractivity contribution is 8.18. The van der Waals surface area contributed by atoms with Crippen LogP contribution in [0.15, 0.2) is 29.2 Å².